The van der Waals surface area contributed by atoms with Crippen LogP contribution in [0.25, 0.3) is 0 Å². The van der Waals surface area contributed by atoms with Crippen LogP contribution >= 0.6 is 0 Å². The average molecular weight is 271 g/mol. The molecule has 3 N–H and O–H groups in total. The van der Waals surface area contributed by atoms with Gasteiger partial charge in [0.05, 0.1) is 0 Å². The van der Waals surface area contributed by atoms with Crippen molar-refractivity contribution < 1.29 is 19.8 Å². The number of aliphatic carboxylic acids is 2. The van der Waals surface area contributed by atoms with Crippen molar-refractivity contribution in [1.29, 1.82) is 0 Å². The fraction of sp³-hybridized carbons (Fsp3) is 0.714. The van der Waals surface area contributed by atoms with E-state index in [2.05, 4.69) is 39.9 Å². The van der Waals surface area contributed by atoms with Crippen LogP contribution in [0, 0.1) is 5.41 Å². The molecule has 0 amide bonds. The van der Waals surface area contributed by atoms with Gasteiger partial charge >= 0.3 is 11.9 Å². The maximum Gasteiger partial charge on any atom is 0.328 e. The van der Waals surface area contributed by atoms with Crippen LogP contribution in [-0.4, -0.2) is 33.7 Å². The molecule has 0 aromatic heterocycles. The third-order valence-corrected chi connectivity index (χ3v) is 2.78. The van der Waals surface area contributed by atoms with Crippen LogP contribution in [0.1, 0.15) is 47.5 Å². The highest BCUT2D eigenvalue weighted by Gasteiger charge is 2.35. The first-order chi connectivity index (χ1) is 8.43. The second-order valence-electron chi connectivity index (χ2n) is 6.48. The number of nitrogens with one attached hydrogen (secondary N) is 1. The van der Waals surface area contributed by atoms with Crippen LogP contribution in [0.5, 0.6) is 0 Å². The second-order valence-corrected chi connectivity index (χ2v) is 6.48. The van der Waals surface area contributed by atoms with Gasteiger partial charge in [-0.2, -0.15) is 0 Å². The fourth-order valence-electron chi connectivity index (χ4n) is 3.01. The number of piperidine rings is 1. The van der Waals surface area contributed by atoms with Crippen LogP contribution in [0.3, 0.4) is 0 Å². The topological polar surface area (TPSA) is 86.6 Å². The molecule has 1 aliphatic heterocycles. The number of hydrogen-bond donors (Lipinski definition) is 3. The van der Waals surface area contributed by atoms with E-state index in [9.17, 15) is 9.59 Å². The molecular weight excluding hydrogens is 246 g/mol. The summed E-state index contributed by atoms with van der Waals surface area (Å²) in [7, 11) is 0. The van der Waals surface area contributed by atoms with Gasteiger partial charge in [0.25, 0.3) is 0 Å². The molecule has 1 fully saturated rings. The highest BCUT2D eigenvalue weighted by Crippen LogP contribution is 2.36. The predicted octanol–water partition coefficient (Wildman–Crippen LogP) is 2.27. The van der Waals surface area contributed by atoms with E-state index in [0.717, 1.165) is 0 Å². The lowest BCUT2D eigenvalue weighted by atomic mass is 9.72. The van der Waals surface area contributed by atoms with Crippen LogP contribution in [0.15, 0.2) is 12.2 Å². The number of carbonyl (C=O) groups is 2. The van der Waals surface area contributed by atoms with Crippen molar-refractivity contribution in [1.82, 2.24) is 5.32 Å². The Kier molecular flexibility index (Phi) is 6.22. The summed E-state index contributed by atoms with van der Waals surface area (Å²) in [4.78, 5) is 19.1. The van der Waals surface area contributed by atoms with E-state index >= 15 is 0 Å². The first kappa shape index (κ1) is 17.6. The molecule has 19 heavy (non-hydrogen) atoms. The van der Waals surface area contributed by atoms with Crippen LogP contribution in [0.2, 0.25) is 0 Å². The van der Waals surface area contributed by atoms with E-state index in [4.69, 9.17) is 10.2 Å². The Labute approximate surface area is 114 Å². The molecule has 1 aliphatic rings. The van der Waals surface area contributed by atoms with Gasteiger partial charge in [-0.15, -0.1) is 0 Å². The Hall–Kier alpha value is -1.36. The molecule has 5 heteroatoms. The maximum atomic E-state index is 9.55. The Morgan fingerprint density at radius 1 is 1.11 bits per heavy atom. The normalized spacial score (nSPS) is 24.4. The minimum atomic E-state index is -1.26. The Balaban J connectivity index is 0.000000362. The summed E-state index contributed by atoms with van der Waals surface area (Å²) in [5, 5.41) is 19.2. The zero-order valence-electron chi connectivity index (χ0n) is 12.4. The van der Waals surface area contributed by atoms with Crippen molar-refractivity contribution in [3.8, 4) is 0 Å². The quantitative estimate of drug-likeness (QED) is 0.671. The van der Waals surface area contributed by atoms with Crippen molar-refractivity contribution in [2.75, 3.05) is 0 Å². The molecule has 1 saturated heterocycles. The van der Waals surface area contributed by atoms with Crippen molar-refractivity contribution in [3.05, 3.63) is 12.2 Å². The monoisotopic (exact) mass is 271 g/mol. The molecule has 1 atom stereocenters. The van der Waals surface area contributed by atoms with E-state index in [1.54, 1.807) is 0 Å². The van der Waals surface area contributed by atoms with Gasteiger partial charge in [-0.05, 0) is 39.0 Å². The lowest BCUT2D eigenvalue weighted by Gasteiger charge is -2.45. The molecule has 0 bridgehead atoms. The Morgan fingerprint density at radius 2 is 1.53 bits per heavy atom. The van der Waals surface area contributed by atoms with E-state index in [1.807, 2.05) is 0 Å². The molecule has 0 aromatic carbocycles. The molecule has 0 saturated carbocycles. The van der Waals surface area contributed by atoms with Crippen molar-refractivity contribution in [2.24, 2.45) is 5.41 Å². The minimum Gasteiger partial charge on any atom is -0.478 e. The average Bonchev–Trinajstić information content (AvgIpc) is 2.09. The zero-order chi connectivity index (χ0) is 15.3. The minimum absolute atomic E-state index is 0.334. The van der Waals surface area contributed by atoms with Crippen molar-refractivity contribution in [3.63, 3.8) is 0 Å². The van der Waals surface area contributed by atoms with Gasteiger partial charge < -0.3 is 15.5 Å². The molecule has 1 unspecified atom stereocenters. The van der Waals surface area contributed by atoms with Crippen molar-refractivity contribution >= 4 is 11.9 Å². The fourth-order valence-corrected chi connectivity index (χ4v) is 3.01. The lowest BCUT2D eigenvalue weighted by Crippen LogP contribution is -2.53. The molecule has 0 aliphatic carbocycles. The van der Waals surface area contributed by atoms with E-state index < -0.39 is 11.9 Å². The summed E-state index contributed by atoms with van der Waals surface area (Å²) in [5.74, 6) is -2.51. The first-order valence-electron chi connectivity index (χ1n) is 6.35. The van der Waals surface area contributed by atoms with Crippen LogP contribution < -0.4 is 5.32 Å². The zero-order valence-corrected chi connectivity index (χ0v) is 12.4. The van der Waals surface area contributed by atoms with Gasteiger partial charge in [-0.1, -0.05) is 13.8 Å². The second kappa shape index (κ2) is 6.70. The number of hydrogen-bond acceptors (Lipinski definition) is 3. The standard InChI is InChI=1S/C10H21N.C4H4O4/c1-8-6-9(2,3)7-10(4,5)11-8;5-3(6)1-2-4(7)8/h8,11H,6-7H2,1-5H3;1-2H,(H,5,6)(H,7,8). The summed E-state index contributed by atoms with van der Waals surface area (Å²) in [6, 6.07) is 0.675. The Morgan fingerprint density at radius 3 is 1.79 bits per heavy atom. The maximum absolute atomic E-state index is 9.55. The largest absolute Gasteiger partial charge is 0.478 e. The Bertz CT molecular complexity index is 326. The highest BCUT2D eigenvalue weighted by atomic mass is 16.4. The van der Waals surface area contributed by atoms with Gasteiger partial charge in [0.2, 0.25) is 0 Å². The first-order valence-corrected chi connectivity index (χ1v) is 6.35. The molecular formula is C14H25NO4. The summed E-state index contributed by atoms with van der Waals surface area (Å²) < 4.78 is 0. The SMILES string of the molecule is CC1CC(C)(C)CC(C)(C)N1.O=C(O)C=CC(=O)O. The van der Waals surface area contributed by atoms with Crippen molar-refractivity contribution in [2.45, 2.75) is 59.0 Å². The van der Waals surface area contributed by atoms with Gasteiger partial charge in [0.1, 0.15) is 0 Å². The van der Waals surface area contributed by atoms with Gasteiger partial charge in [0.15, 0.2) is 0 Å². The molecule has 1 rings (SSSR count). The summed E-state index contributed by atoms with van der Waals surface area (Å²) >= 11 is 0. The van der Waals surface area contributed by atoms with Gasteiger partial charge in [-0.25, -0.2) is 9.59 Å². The van der Waals surface area contributed by atoms with Gasteiger partial charge in [-0.3, -0.25) is 0 Å². The summed E-state index contributed by atoms with van der Waals surface area (Å²) in [6.45, 7) is 11.6. The summed E-state index contributed by atoms with van der Waals surface area (Å²) in [5.41, 5.74) is 0.856. The third-order valence-electron chi connectivity index (χ3n) is 2.78. The highest BCUT2D eigenvalue weighted by molar-refractivity contribution is 5.89. The molecule has 110 valence electrons. The van der Waals surface area contributed by atoms with Crippen LogP contribution in [-0.2, 0) is 9.59 Å². The van der Waals surface area contributed by atoms with E-state index in [-0.39, 0.29) is 0 Å². The van der Waals surface area contributed by atoms with E-state index in [1.165, 1.54) is 12.8 Å². The predicted molar refractivity (Wildman–Crippen MR) is 74.1 cm³/mol. The lowest BCUT2D eigenvalue weighted by molar-refractivity contribution is -0.134. The molecule has 1 heterocycles. The summed E-state index contributed by atoms with van der Waals surface area (Å²) in [6.07, 6.45) is 3.70. The van der Waals surface area contributed by atoms with E-state index in [0.29, 0.717) is 29.1 Å². The third kappa shape index (κ3) is 9.25. The molecule has 0 spiro atoms. The van der Waals surface area contributed by atoms with Gasteiger partial charge in [0, 0.05) is 23.7 Å². The van der Waals surface area contributed by atoms with Crippen LogP contribution in [0.4, 0.5) is 0 Å². The molecule has 0 radical (unpaired) electrons. The number of carboxylic acid groups (broad SMARTS) is 2. The smallest absolute Gasteiger partial charge is 0.328 e. The molecule has 5 nitrogen and oxygen atoms in total. The number of carboxylic acids is 2. The molecule has 0 aromatic rings. The number of rotatable bonds is 2.